The number of halogens is 1. The predicted octanol–water partition coefficient (Wildman–Crippen LogP) is 2.90. The summed E-state index contributed by atoms with van der Waals surface area (Å²) in [7, 11) is 0. The van der Waals surface area contributed by atoms with E-state index in [4.69, 9.17) is 4.74 Å². The van der Waals surface area contributed by atoms with Gasteiger partial charge in [0.2, 0.25) is 11.8 Å². The number of nitrogens with zero attached hydrogens (tertiary/aromatic N) is 1. The lowest BCUT2D eigenvalue weighted by atomic mass is 9.76. The maximum absolute atomic E-state index is 13.5. The average molecular weight is 398 g/mol. The van der Waals surface area contributed by atoms with Crippen molar-refractivity contribution < 1.29 is 18.7 Å². The van der Waals surface area contributed by atoms with Crippen molar-refractivity contribution in [2.24, 2.45) is 11.8 Å². The Hall–Kier alpha value is -2.21. The average Bonchev–Trinajstić information content (AvgIpc) is 3.44. The first kappa shape index (κ1) is 18.8. The summed E-state index contributed by atoms with van der Waals surface area (Å²) in [5.74, 6) is -1.39. The van der Waals surface area contributed by atoms with E-state index in [0.717, 1.165) is 31.2 Å². The zero-order valence-corrected chi connectivity index (χ0v) is 16.9. The molecule has 4 atom stereocenters. The van der Waals surface area contributed by atoms with Crippen molar-refractivity contribution >= 4 is 11.8 Å². The van der Waals surface area contributed by atoms with E-state index in [-0.39, 0.29) is 29.8 Å². The number of hydrogen-bond donors (Lipinski definition) is 1. The number of hydrogen-bond acceptors (Lipinski definition) is 3. The van der Waals surface area contributed by atoms with Crippen LogP contribution in [0.2, 0.25) is 0 Å². The molecule has 2 bridgehead atoms. The Morgan fingerprint density at radius 3 is 2.59 bits per heavy atom. The van der Waals surface area contributed by atoms with E-state index >= 15 is 0 Å². The molecule has 2 saturated heterocycles. The van der Waals surface area contributed by atoms with Gasteiger partial charge in [0.05, 0.1) is 30.0 Å². The van der Waals surface area contributed by atoms with Crippen LogP contribution in [0.4, 0.5) is 4.39 Å². The van der Waals surface area contributed by atoms with Crippen LogP contribution in [0.15, 0.2) is 36.4 Å². The van der Waals surface area contributed by atoms with Crippen LogP contribution in [0.1, 0.15) is 45.1 Å². The Labute approximate surface area is 170 Å². The lowest BCUT2D eigenvalue weighted by Gasteiger charge is -2.34. The number of likely N-dealkylation sites (tertiary alicyclic amines) is 1. The third-order valence-corrected chi connectivity index (χ3v) is 7.27. The molecule has 1 spiro atoms. The van der Waals surface area contributed by atoms with E-state index in [1.807, 2.05) is 30.9 Å². The first-order valence-corrected chi connectivity index (χ1v) is 10.6. The molecule has 5 nitrogen and oxygen atoms in total. The van der Waals surface area contributed by atoms with Gasteiger partial charge in [0, 0.05) is 6.04 Å². The molecule has 3 aliphatic heterocycles. The van der Waals surface area contributed by atoms with E-state index in [2.05, 4.69) is 5.32 Å². The van der Waals surface area contributed by atoms with Gasteiger partial charge < -0.3 is 15.0 Å². The quantitative estimate of drug-likeness (QED) is 0.794. The second-order valence-corrected chi connectivity index (χ2v) is 9.25. The van der Waals surface area contributed by atoms with Crippen LogP contribution in [-0.2, 0) is 19.9 Å². The number of nitrogens with one attached hydrogen (secondary N) is 1. The van der Waals surface area contributed by atoms with Gasteiger partial charge in [-0.25, -0.2) is 4.39 Å². The Morgan fingerprint density at radius 1 is 1.24 bits per heavy atom. The first-order chi connectivity index (χ1) is 13.9. The van der Waals surface area contributed by atoms with Gasteiger partial charge in [0.25, 0.3) is 0 Å². The highest BCUT2D eigenvalue weighted by atomic mass is 19.1. The summed E-state index contributed by atoms with van der Waals surface area (Å²) in [6.07, 6.45) is 7.23. The van der Waals surface area contributed by atoms with Gasteiger partial charge in [-0.15, -0.1) is 0 Å². The molecular weight excluding hydrogens is 371 g/mol. The molecule has 3 fully saturated rings. The number of carbonyl (C=O) groups is 2. The molecule has 5 rings (SSSR count). The fourth-order valence-corrected chi connectivity index (χ4v) is 5.82. The second kappa shape index (κ2) is 6.39. The van der Waals surface area contributed by atoms with E-state index in [1.165, 1.54) is 12.1 Å². The number of fused-ring (bicyclic) bond motifs is 1. The van der Waals surface area contributed by atoms with Gasteiger partial charge in [-0.1, -0.05) is 37.1 Å². The smallest absolute Gasteiger partial charge is 0.230 e. The molecule has 0 radical (unpaired) electrons. The molecule has 1 N–H and O–H groups in total. The molecule has 0 aromatic heterocycles. The minimum absolute atomic E-state index is 0.00857. The van der Waals surface area contributed by atoms with Crippen LogP contribution in [0.25, 0.3) is 0 Å². The fraction of sp³-hybridized carbons (Fsp3) is 0.565. The molecule has 3 heterocycles. The first-order valence-electron chi connectivity index (χ1n) is 10.6. The van der Waals surface area contributed by atoms with E-state index in [1.54, 1.807) is 12.1 Å². The van der Waals surface area contributed by atoms with Crippen LogP contribution in [-0.4, -0.2) is 41.0 Å². The van der Waals surface area contributed by atoms with E-state index in [9.17, 15) is 14.0 Å². The highest BCUT2D eigenvalue weighted by Crippen LogP contribution is 2.52. The molecule has 1 saturated carbocycles. The van der Waals surface area contributed by atoms with Crippen LogP contribution in [0.5, 0.6) is 0 Å². The Bertz CT molecular complexity index is 875. The standard InChI is InChI=1S/C23H27FN2O3/c1-14(2)26-13-23-12-9-17(29-23)18(19(23)21(26)28)20(27)25-22(10-3-4-11-22)15-5-7-16(24)8-6-15/h5-9,12,14,17-19H,3-4,10-11,13H2,1-2H3,(H,25,27). The van der Waals surface area contributed by atoms with Crippen molar-refractivity contribution in [1.29, 1.82) is 0 Å². The van der Waals surface area contributed by atoms with Gasteiger partial charge in [-0.2, -0.15) is 0 Å². The van der Waals surface area contributed by atoms with Gasteiger partial charge in [0.15, 0.2) is 0 Å². The highest BCUT2D eigenvalue weighted by molar-refractivity contribution is 5.93. The summed E-state index contributed by atoms with van der Waals surface area (Å²) >= 11 is 0. The van der Waals surface area contributed by atoms with Crippen LogP contribution >= 0.6 is 0 Å². The number of amides is 2. The SMILES string of the molecule is CC(C)N1CC23C=CC(O2)C(C(=O)NC2(c4ccc(F)cc4)CCCC2)C3C1=O. The molecule has 154 valence electrons. The molecule has 4 aliphatic rings. The van der Waals surface area contributed by atoms with E-state index < -0.39 is 23.0 Å². The summed E-state index contributed by atoms with van der Waals surface area (Å²) in [6.45, 7) is 4.49. The summed E-state index contributed by atoms with van der Waals surface area (Å²) in [5, 5.41) is 3.28. The van der Waals surface area contributed by atoms with Crippen LogP contribution in [0.3, 0.4) is 0 Å². The second-order valence-electron chi connectivity index (χ2n) is 9.25. The summed E-state index contributed by atoms with van der Waals surface area (Å²) < 4.78 is 19.6. The predicted molar refractivity (Wildman–Crippen MR) is 105 cm³/mol. The molecule has 1 aliphatic carbocycles. The third-order valence-electron chi connectivity index (χ3n) is 7.27. The number of ether oxygens (including phenoxy) is 1. The summed E-state index contributed by atoms with van der Waals surface area (Å²) in [4.78, 5) is 28.5. The molecule has 2 amide bonds. The monoisotopic (exact) mass is 398 g/mol. The lowest BCUT2D eigenvalue weighted by Crippen LogP contribution is -2.51. The van der Waals surface area contributed by atoms with Gasteiger partial charge >= 0.3 is 0 Å². The van der Waals surface area contributed by atoms with Crippen molar-refractivity contribution in [1.82, 2.24) is 10.2 Å². The van der Waals surface area contributed by atoms with Crippen LogP contribution in [0, 0.1) is 17.7 Å². The minimum Gasteiger partial charge on any atom is -0.360 e. The highest BCUT2D eigenvalue weighted by Gasteiger charge is 2.67. The van der Waals surface area contributed by atoms with Crippen molar-refractivity contribution in [3.05, 3.63) is 47.8 Å². The maximum atomic E-state index is 13.5. The van der Waals surface area contributed by atoms with E-state index in [0.29, 0.717) is 6.54 Å². The lowest BCUT2D eigenvalue weighted by molar-refractivity contribution is -0.139. The van der Waals surface area contributed by atoms with Gasteiger partial charge in [-0.05, 0) is 44.4 Å². The Morgan fingerprint density at radius 2 is 1.93 bits per heavy atom. The zero-order chi connectivity index (χ0) is 20.4. The van der Waals surface area contributed by atoms with Gasteiger partial charge in [0.1, 0.15) is 11.4 Å². The third kappa shape index (κ3) is 2.68. The summed E-state index contributed by atoms with van der Waals surface area (Å²) in [6, 6.07) is 6.49. The number of benzene rings is 1. The van der Waals surface area contributed by atoms with Crippen molar-refractivity contribution in [3.8, 4) is 0 Å². The Kier molecular flexibility index (Phi) is 4.14. The topological polar surface area (TPSA) is 58.6 Å². The van der Waals surface area contributed by atoms with Crippen molar-refractivity contribution in [2.75, 3.05) is 6.54 Å². The largest absolute Gasteiger partial charge is 0.360 e. The fourth-order valence-electron chi connectivity index (χ4n) is 5.82. The number of carbonyl (C=O) groups excluding carboxylic acids is 2. The maximum Gasteiger partial charge on any atom is 0.230 e. The normalized spacial score (nSPS) is 34.3. The zero-order valence-electron chi connectivity index (χ0n) is 16.9. The Balaban J connectivity index is 1.44. The van der Waals surface area contributed by atoms with Crippen LogP contribution < -0.4 is 5.32 Å². The molecule has 29 heavy (non-hydrogen) atoms. The summed E-state index contributed by atoms with van der Waals surface area (Å²) in [5.41, 5.74) is -0.240. The molecule has 4 unspecified atom stereocenters. The molecule has 1 aromatic rings. The van der Waals surface area contributed by atoms with Crippen molar-refractivity contribution in [2.45, 2.75) is 62.8 Å². The molecule has 1 aromatic carbocycles. The molecular formula is C23H27FN2O3. The minimum atomic E-state index is -0.674. The van der Waals surface area contributed by atoms with Gasteiger partial charge in [-0.3, -0.25) is 9.59 Å². The van der Waals surface area contributed by atoms with Crippen molar-refractivity contribution in [3.63, 3.8) is 0 Å². The molecule has 6 heteroatoms. The number of rotatable bonds is 4.